The first-order chi connectivity index (χ1) is 10.0. The highest BCUT2D eigenvalue weighted by Crippen LogP contribution is 2.44. The second-order valence-electron chi connectivity index (χ2n) is 6.95. The normalized spacial score (nSPS) is 29.1. The van der Waals surface area contributed by atoms with Crippen LogP contribution in [0.2, 0.25) is 0 Å². The van der Waals surface area contributed by atoms with Crippen LogP contribution >= 0.6 is 0 Å². The molecule has 21 heavy (non-hydrogen) atoms. The Kier molecular flexibility index (Phi) is 5.40. The van der Waals surface area contributed by atoms with E-state index in [4.69, 9.17) is 0 Å². The van der Waals surface area contributed by atoms with Gasteiger partial charge in [0.25, 0.3) is 0 Å². The topological polar surface area (TPSA) is 49.3 Å². The van der Waals surface area contributed by atoms with Gasteiger partial charge in [0.05, 0.1) is 0 Å². The SMILES string of the molecule is C[C@@H]1C[C@H](C)CC(CO)(CC(=O)NCc2ccccc2)C1. The van der Waals surface area contributed by atoms with Gasteiger partial charge in [-0.2, -0.15) is 0 Å². The third-order valence-corrected chi connectivity index (χ3v) is 4.57. The van der Waals surface area contributed by atoms with E-state index in [1.807, 2.05) is 30.3 Å². The number of nitrogens with one attached hydrogen (secondary N) is 1. The van der Waals surface area contributed by atoms with Crippen LogP contribution in [0.25, 0.3) is 0 Å². The molecule has 0 radical (unpaired) electrons. The minimum absolute atomic E-state index is 0.0502. The van der Waals surface area contributed by atoms with Crippen molar-refractivity contribution < 1.29 is 9.90 Å². The van der Waals surface area contributed by atoms with E-state index in [2.05, 4.69) is 19.2 Å². The fraction of sp³-hybridized carbons (Fsp3) is 0.611. The summed E-state index contributed by atoms with van der Waals surface area (Å²) in [5.41, 5.74) is 0.881. The van der Waals surface area contributed by atoms with Gasteiger partial charge in [0.1, 0.15) is 0 Å². The Balaban J connectivity index is 1.90. The molecule has 3 nitrogen and oxygen atoms in total. The molecule has 1 aromatic rings. The minimum atomic E-state index is -0.224. The zero-order valence-electron chi connectivity index (χ0n) is 13.1. The summed E-state index contributed by atoms with van der Waals surface area (Å²) in [6, 6.07) is 9.93. The Hall–Kier alpha value is -1.35. The summed E-state index contributed by atoms with van der Waals surface area (Å²) >= 11 is 0. The summed E-state index contributed by atoms with van der Waals surface area (Å²) in [4.78, 5) is 12.2. The fourth-order valence-electron chi connectivity index (χ4n) is 3.94. The van der Waals surface area contributed by atoms with E-state index in [0.717, 1.165) is 18.4 Å². The molecule has 3 heteroatoms. The van der Waals surface area contributed by atoms with Crippen LogP contribution in [-0.2, 0) is 11.3 Å². The van der Waals surface area contributed by atoms with Crippen molar-refractivity contribution in [1.29, 1.82) is 0 Å². The third-order valence-electron chi connectivity index (χ3n) is 4.57. The Bertz CT molecular complexity index is 448. The molecule has 2 N–H and O–H groups in total. The Morgan fingerprint density at radius 3 is 2.43 bits per heavy atom. The number of aliphatic hydroxyl groups is 1. The van der Waals surface area contributed by atoms with Crippen LogP contribution in [-0.4, -0.2) is 17.6 Å². The number of hydrogen-bond donors (Lipinski definition) is 2. The Morgan fingerprint density at radius 1 is 1.24 bits per heavy atom. The van der Waals surface area contributed by atoms with Crippen molar-refractivity contribution in [3.63, 3.8) is 0 Å². The number of amides is 1. The first kappa shape index (κ1) is 16.0. The number of aliphatic hydroxyl groups excluding tert-OH is 1. The average molecular weight is 289 g/mol. The van der Waals surface area contributed by atoms with E-state index in [1.54, 1.807) is 0 Å². The minimum Gasteiger partial charge on any atom is -0.396 e. The maximum atomic E-state index is 12.2. The lowest BCUT2D eigenvalue weighted by atomic mass is 9.65. The first-order valence-corrected chi connectivity index (χ1v) is 7.94. The zero-order chi connectivity index (χ0) is 15.3. The molecule has 1 aliphatic carbocycles. The molecular weight excluding hydrogens is 262 g/mol. The summed E-state index contributed by atoms with van der Waals surface area (Å²) in [6.45, 7) is 5.12. The van der Waals surface area contributed by atoms with E-state index in [1.165, 1.54) is 6.42 Å². The smallest absolute Gasteiger partial charge is 0.220 e. The molecule has 1 amide bonds. The second kappa shape index (κ2) is 7.08. The summed E-state index contributed by atoms with van der Waals surface area (Å²) in [6.07, 6.45) is 3.54. The van der Waals surface area contributed by atoms with Gasteiger partial charge in [-0.05, 0) is 36.7 Å². The monoisotopic (exact) mass is 289 g/mol. The fourth-order valence-corrected chi connectivity index (χ4v) is 3.94. The van der Waals surface area contributed by atoms with Crippen LogP contribution in [0.3, 0.4) is 0 Å². The van der Waals surface area contributed by atoms with Crippen LogP contribution in [0.1, 0.15) is 45.1 Å². The van der Waals surface area contributed by atoms with Gasteiger partial charge in [0, 0.05) is 25.0 Å². The molecule has 3 atom stereocenters. The molecule has 1 aliphatic rings. The molecule has 0 aromatic heterocycles. The number of benzene rings is 1. The standard InChI is InChI=1S/C18H27NO2/c1-14-8-15(2)10-18(9-14,13-20)11-17(21)19-12-16-6-4-3-5-7-16/h3-7,14-15,20H,8-13H2,1-2H3,(H,19,21)/t14-,15+,18?. The van der Waals surface area contributed by atoms with Gasteiger partial charge in [0.2, 0.25) is 5.91 Å². The van der Waals surface area contributed by atoms with Crippen LogP contribution in [0.4, 0.5) is 0 Å². The molecule has 0 spiro atoms. The van der Waals surface area contributed by atoms with Crippen molar-refractivity contribution in [1.82, 2.24) is 5.32 Å². The van der Waals surface area contributed by atoms with Crippen molar-refractivity contribution in [2.45, 2.75) is 46.1 Å². The summed E-state index contributed by atoms with van der Waals surface area (Å²) in [5, 5.41) is 12.8. The van der Waals surface area contributed by atoms with E-state index >= 15 is 0 Å². The maximum absolute atomic E-state index is 12.2. The lowest BCUT2D eigenvalue weighted by Crippen LogP contribution is -2.39. The average Bonchev–Trinajstić information content (AvgIpc) is 2.45. The van der Waals surface area contributed by atoms with Gasteiger partial charge >= 0.3 is 0 Å². The van der Waals surface area contributed by atoms with Crippen LogP contribution in [0, 0.1) is 17.3 Å². The van der Waals surface area contributed by atoms with Gasteiger partial charge in [-0.25, -0.2) is 0 Å². The summed E-state index contributed by atoms with van der Waals surface area (Å²) in [7, 11) is 0. The first-order valence-electron chi connectivity index (χ1n) is 7.94. The van der Waals surface area contributed by atoms with Crippen molar-refractivity contribution in [3.05, 3.63) is 35.9 Å². The highest BCUT2D eigenvalue weighted by atomic mass is 16.3. The molecule has 0 aliphatic heterocycles. The predicted octanol–water partition coefficient (Wildman–Crippen LogP) is 3.13. The van der Waals surface area contributed by atoms with Gasteiger partial charge in [0.15, 0.2) is 0 Å². The third kappa shape index (κ3) is 4.57. The molecule has 1 saturated carbocycles. The van der Waals surface area contributed by atoms with Gasteiger partial charge in [-0.3, -0.25) is 4.79 Å². The lowest BCUT2D eigenvalue weighted by molar-refractivity contribution is -0.126. The Morgan fingerprint density at radius 2 is 1.86 bits per heavy atom. The van der Waals surface area contributed by atoms with Gasteiger partial charge in [-0.15, -0.1) is 0 Å². The van der Waals surface area contributed by atoms with E-state index in [9.17, 15) is 9.90 Å². The second-order valence-corrected chi connectivity index (χ2v) is 6.95. The van der Waals surface area contributed by atoms with Crippen LogP contribution in [0.15, 0.2) is 30.3 Å². The van der Waals surface area contributed by atoms with E-state index < -0.39 is 0 Å². The summed E-state index contributed by atoms with van der Waals surface area (Å²) < 4.78 is 0. The number of rotatable bonds is 5. The van der Waals surface area contributed by atoms with Crippen molar-refractivity contribution in [2.24, 2.45) is 17.3 Å². The highest BCUT2D eigenvalue weighted by Gasteiger charge is 2.39. The summed E-state index contributed by atoms with van der Waals surface area (Å²) in [5.74, 6) is 1.22. The lowest BCUT2D eigenvalue weighted by Gasteiger charge is -2.41. The number of carbonyl (C=O) groups excluding carboxylic acids is 1. The number of carbonyl (C=O) groups is 1. The molecule has 116 valence electrons. The van der Waals surface area contributed by atoms with E-state index in [-0.39, 0.29) is 17.9 Å². The van der Waals surface area contributed by atoms with Gasteiger partial charge in [-0.1, -0.05) is 44.2 Å². The van der Waals surface area contributed by atoms with Crippen LogP contribution < -0.4 is 5.32 Å². The number of hydrogen-bond acceptors (Lipinski definition) is 2. The molecular formula is C18H27NO2. The van der Waals surface area contributed by atoms with Crippen molar-refractivity contribution in [2.75, 3.05) is 6.61 Å². The largest absolute Gasteiger partial charge is 0.396 e. The maximum Gasteiger partial charge on any atom is 0.220 e. The molecule has 1 fully saturated rings. The van der Waals surface area contributed by atoms with Crippen molar-refractivity contribution >= 4 is 5.91 Å². The molecule has 0 bridgehead atoms. The molecule has 2 rings (SSSR count). The van der Waals surface area contributed by atoms with Crippen molar-refractivity contribution in [3.8, 4) is 0 Å². The molecule has 0 heterocycles. The molecule has 1 aromatic carbocycles. The highest BCUT2D eigenvalue weighted by molar-refractivity contribution is 5.76. The predicted molar refractivity (Wildman–Crippen MR) is 84.6 cm³/mol. The van der Waals surface area contributed by atoms with Gasteiger partial charge < -0.3 is 10.4 Å². The zero-order valence-corrected chi connectivity index (χ0v) is 13.1. The Labute approximate surface area is 127 Å². The van der Waals surface area contributed by atoms with Crippen LogP contribution in [0.5, 0.6) is 0 Å². The quantitative estimate of drug-likeness (QED) is 0.875. The molecule has 0 saturated heterocycles. The van der Waals surface area contributed by atoms with E-state index in [0.29, 0.717) is 24.8 Å². The molecule has 1 unspecified atom stereocenters.